The summed E-state index contributed by atoms with van der Waals surface area (Å²) in [4.78, 5) is 22.9. The van der Waals surface area contributed by atoms with Crippen LogP contribution in [0.5, 0.6) is 0 Å². The molecule has 2 aromatic rings. The van der Waals surface area contributed by atoms with Crippen LogP contribution in [0.4, 0.5) is 0 Å². The summed E-state index contributed by atoms with van der Waals surface area (Å²) in [7, 11) is 0. The van der Waals surface area contributed by atoms with E-state index in [9.17, 15) is 19.8 Å². The van der Waals surface area contributed by atoms with Gasteiger partial charge in [-0.1, -0.05) is 0 Å². The Balaban J connectivity index is 0.000000187. The maximum absolute atomic E-state index is 11.5. The molecular formula is C20H28N2O5. The van der Waals surface area contributed by atoms with Gasteiger partial charge in [0.05, 0.1) is 35.7 Å². The molecule has 0 aliphatic carbocycles. The van der Waals surface area contributed by atoms with Crippen molar-refractivity contribution in [3.63, 3.8) is 0 Å². The number of ketones is 2. The van der Waals surface area contributed by atoms with Crippen LogP contribution in [0.25, 0.3) is 0 Å². The first-order valence-electron chi connectivity index (χ1n) is 9.00. The van der Waals surface area contributed by atoms with Crippen molar-refractivity contribution in [3.05, 3.63) is 47.0 Å². The molecule has 7 nitrogen and oxygen atoms in total. The van der Waals surface area contributed by atoms with Gasteiger partial charge in [-0.2, -0.15) is 0 Å². The summed E-state index contributed by atoms with van der Waals surface area (Å²) in [6.45, 7) is 7.78. The maximum Gasteiger partial charge on any atom is 0.181 e. The summed E-state index contributed by atoms with van der Waals surface area (Å²) in [6, 6.07) is 7.54. The van der Waals surface area contributed by atoms with Gasteiger partial charge in [-0.3, -0.25) is 9.59 Å². The van der Waals surface area contributed by atoms with E-state index >= 15 is 0 Å². The van der Waals surface area contributed by atoms with Crippen LogP contribution in [-0.2, 0) is 0 Å². The number of aliphatic hydroxyl groups is 2. The number of aromatic nitrogens is 2. The summed E-state index contributed by atoms with van der Waals surface area (Å²) < 4.78 is 3.83. The fourth-order valence-corrected chi connectivity index (χ4v) is 3.91. The van der Waals surface area contributed by atoms with E-state index < -0.39 is 12.2 Å². The Morgan fingerprint density at radius 2 is 1.11 bits per heavy atom. The highest BCUT2D eigenvalue weighted by atomic mass is 16.3. The number of carbonyl (C=O) groups excluding carboxylic acids is 2. The topological polar surface area (TPSA) is 116 Å². The number of aryl methyl sites for hydroxylation is 2. The molecule has 0 spiro atoms. The van der Waals surface area contributed by atoms with Crippen molar-refractivity contribution in [1.82, 2.24) is 9.13 Å². The van der Waals surface area contributed by atoms with E-state index in [-0.39, 0.29) is 42.0 Å². The molecule has 4 heterocycles. The molecule has 0 fully saturated rings. The fourth-order valence-electron chi connectivity index (χ4n) is 3.91. The number of hydrogen-bond donors (Lipinski definition) is 2. The SMILES string of the molecule is Cc1ccc2n1[C@H](C)[C@@H](O)CC2=O.Cc1ccc2n1[C@H](C)[C@@H](O)CC2=O.O. The lowest BCUT2D eigenvalue weighted by Crippen LogP contribution is -2.32. The van der Waals surface area contributed by atoms with Gasteiger partial charge in [0, 0.05) is 24.2 Å². The Kier molecular flexibility index (Phi) is 6.09. The standard InChI is InChI=1S/2C10H13NO2.H2O/c2*1-6-3-4-8-10(13)5-9(12)7(2)11(6)8;/h2*3-4,7,9,12H,5H2,1-2H3;1H2/t2*7-,9+;/m11./s1. The van der Waals surface area contributed by atoms with Gasteiger partial charge in [-0.25, -0.2) is 0 Å². The van der Waals surface area contributed by atoms with Crippen LogP contribution >= 0.6 is 0 Å². The van der Waals surface area contributed by atoms with E-state index in [1.807, 2.05) is 61.1 Å². The minimum Gasteiger partial charge on any atom is -0.412 e. The van der Waals surface area contributed by atoms with Crippen molar-refractivity contribution in [2.75, 3.05) is 0 Å². The number of aliphatic hydroxyl groups excluding tert-OH is 2. The fraction of sp³-hybridized carbons (Fsp3) is 0.500. The summed E-state index contributed by atoms with van der Waals surface area (Å²) in [5.41, 5.74) is 3.54. The van der Waals surface area contributed by atoms with Crippen molar-refractivity contribution >= 4 is 11.6 Å². The summed E-state index contributed by atoms with van der Waals surface area (Å²) >= 11 is 0. The van der Waals surface area contributed by atoms with E-state index in [2.05, 4.69) is 0 Å². The molecule has 0 unspecified atom stereocenters. The molecule has 27 heavy (non-hydrogen) atoms. The smallest absolute Gasteiger partial charge is 0.181 e. The highest BCUT2D eigenvalue weighted by molar-refractivity contribution is 5.96. The first-order valence-corrected chi connectivity index (χ1v) is 9.00. The average molecular weight is 376 g/mol. The van der Waals surface area contributed by atoms with Crippen LogP contribution in [0.15, 0.2) is 24.3 Å². The molecule has 2 aliphatic rings. The van der Waals surface area contributed by atoms with Crippen LogP contribution < -0.4 is 0 Å². The second-order valence-corrected chi connectivity index (χ2v) is 7.33. The van der Waals surface area contributed by atoms with Crippen molar-refractivity contribution in [3.8, 4) is 0 Å². The average Bonchev–Trinajstić information content (AvgIpc) is 3.15. The number of fused-ring (bicyclic) bond motifs is 2. The molecule has 4 rings (SSSR count). The first kappa shape index (κ1) is 21.1. The van der Waals surface area contributed by atoms with Gasteiger partial charge in [0.2, 0.25) is 0 Å². The van der Waals surface area contributed by atoms with Gasteiger partial charge in [0.1, 0.15) is 0 Å². The third-order valence-electron chi connectivity index (χ3n) is 5.53. The van der Waals surface area contributed by atoms with Crippen molar-refractivity contribution < 1.29 is 25.3 Å². The minimum atomic E-state index is -0.536. The molecule has 2 aliphatic heterocycles. The number of hydrogen-bond acceptors (Lipinski definition) is 4. The zero-order valence-corrected chi connectivity index (χ0v) is 16.1. The largest absolute Gasteiger partial charge is 0.412 e. The number of rotatable bonds is 0. The summed E-state index contributed by atoms with van der Waals surface area (Å²) in [5, 5.41) is 19.2. The van der Waals surface area contributed by atoms with Crippen LogP contribution in [0.2, 0.25) is 0 Å². The van der Waals surface area contributed by atoms with Crippen LogP contribution in [0, 0.1) is 13.8 Å². The molecule has 2 aromatic heterocycles. The molecule has 4 N–H and O–H groups in total. The molecule has 148 valence electrons. The molecule has 0 radical (unpaired) electrons. The van der Waals surface area contributed by atoms with E-state index in [0.29, 0.717) is 0 Å². The van der Waals surface area contributed by atoms with Crippen LogP contribution in [0.3, 0.4) is 0 Å². The Hall–Kier alpha value is -2.22. The van der Waals surface area contributed by atoms with Gasteiger partial charge in [-0.15, -0.1) is 0 Å². The molecule has 0 amide bonds. The molecule has 0 aromatic carbocycles. The second-order valence-electron chi connectivity index (χ2n) is 7.33. The van der Waals surface area contributed by atoms with Gasteiger partial charge in [0.25, 0.3) is 0 Å². The van der Waals surface area contributed by atoms with E-state index in [1.54, 1.807) is 0 Å². The quantitative estimate of drug-likeness (QED) is 0.729. The normalized spacial score (nSPS) is 26.4. The molecule has 0 bridgehead atoms. The number of nitrogens with zero attached hydrogens (tertiary/aromatic N) is 2. The number of carbonyl (C=O) groups is 2. The minimum absolute atomic E-state index is 0. The van der Waals surface area contributed by atoms with Gasteiger partial charge >= 0.3 is 0 Å². The maximum atomic E-state index is 11.5. The lowest BCUT2D eigenvalue weighted by atomic mass is 10.00. The van der Waals surface area contributed by atoms with Crippen molar-refractivity contribution in [2.24, 2.45) is 0 Å². The molecule has 0 saturated heterocycles. The van der Waals surface area contributed by atoms with E-state index in [4.69, 9.17) is 0 Å². The van der Waals surface area contributed by atoms with Crippen LogP contribution in [-0.4, -0.2) is 48.6 Å². The predicted molar refractivity (Wildman–Crippen MR) is 101 cm³/mol. The zero-order chi connectivity index (χ0) is 19.2. The Labute approximate surface area is 158 Å². The summed E-state index contributed by atoms with van der Waals surface area (Å²) in [5.74, 6) is 0.0809. The van der Waals surface area contributed by atoms with Gasteiger partial charge in [-0.05, 0) is 52.0 Å². The highest BCUT2D eigenvalue weighted by Gasteiger charge is 2.31. The first-order chi connectivity index (χ1) is 12.2. The van der Waals surface area contributed by atoms with Crippen LogP contribution in [0.1, 0.15) is 71.1 Å². The van der Waals surface area contributed by atoms with Gasteiger partial charge < -0.3 is 24.8 Å². The molecular weight excluding hydrogens is 348 g/mol. The Morgan fingerprint density at radius 3 is 1.44 bits per heavy atom. The third-order valence-corrected chi connectivity index (χ3v) is 5.53. The summed E-state index contributed by atoms with van der Waals surface area (Å²) in [6.07, 6.45) is -0.563. The van der Waals surface area contributed by atoms with E-state index in [1.165, 1.54) is 0 Å². The Morgan fingerprint density at radius 1 is 0.778 bits per heavy atom. The predicted octanol–water partition coefficient (Wildman–Crippen LogP) is 1.78. The molecule has 4 atom stereocenters. The Bertz CT molecular complexity index is 780. The lowest BCUT2D eigenvalue weighted by Gasteiger charge is -2.28. The third kappa shape index (κ3) is 3.63. The van der Waals surface area contributed by atoms with Crippen molar-refractivity contribution in [2.45, 2.75) is 64.8 Å². The lowest BCUT2D eigenvalue weighted by molar-refractivity contribution is 0.0667. The zero-order valence-electron chi connectivity index (χ0n) is 16.1. The number of Topliss-reactive ketones (excluding diaryl/α,β-unsaturated/α-hetero) is 2. The molecule has 7 heteroatoms. The monoisotopic (exact) mass is 376 g/mol. The van der Waals surface area contributed by atoms with Gasteiger partial charge in [0.15, 0.2) is 11.6 Å². The second kappa shape index (κ2) is 7.80. The van der Waals surface area contributed by atoms with E-state index in [0.717, 1.165) is 22.8 Å². The molecule has 0 saturated carbocycles. The van der Waals surface area contributed by atoms with Crippen molar-refractivity contribution in [1.29, 1.82) is 0 Å². The highest BCUT2D eigenvalue weighted by Crippen LogP contribution is 2.28.